The van der Waals surface area contributed by atoms with Crippen LogP contribution in [-0.4, -0.2) is 57.9 Å². The molecule has 1 aromatic heterocycles. The zero-order chi connectivity index (χ0) is 22.2. The van der Waals surface area contributed by atoms with Crippen LogP contribution in [0.3, 0.4) is 0 Å². The summed E-state index contributed by atoms with van der Waals surface area (Å²) in [5, 5.41) is 7.93. The van der Waals surface area contributed by atoms with Gasteiger partial charge in [0.25, 0.3) is 0 Å². The molecule has 0 saturated carbocycles. The molecule has 0 atom stereocenters. The third-order valence-corrected chi connectivity index (χ3v) is 6.11. The molecule has 0 bridgehead atoms. The topological polar surface area (TPSA) is 61.5 Å². The highest BCUT2D eigenvalue weighted by Gasteiger charge is 2.25. The lowest BCUT2D eigenvalue weighted by Crippen LogP contribution is -2.49. The van der Waals surface area contributed by atoms with Crippen molar-refractivity contribution in [1.29, 1.82) is 0 Å². The second-order valence-electron chi connectivity index (χ2n) is 8.83. The van der Waals surface area contributed by atoms with Gasteiger partial charge < -0.3 is 9.64 Å². The summed E-state index contributed by atoms with van der Waals surface area (Å²) in [6.07, 6.45) is -0.247. The maximum atomic E-state index is 14.6. The normalized spacial score (nSPS) is 15.5. The molecule has 0 radical (unpaired) electrons. The average Bonchev–Trinajstić information content (AvgIpc) is 3.07. The number of H-pyrrole nitrogens is 1. The molecule has 2 aromatic carbocycles. The van der Waals surface area contributed by atoms with Gasteiger partial charge in [-0.25, -0.2) is 9.18 Å². The van der Waals surface area contributed by atoms with Crippen LogP contribution < -0.4 is 0 Å². The summed E-state index contributed by atoms with van der Waals surface area (Å²) in [5.74, 6) is -0.276. The zero-order valence-electron chi connectivity index (χ0n) is 17.9. The molecular weight excluding hydrogens is 510 g/mol. The number of nitrogens with zero attached hydrogens (tertiary/aromatic N) is 3. The summed E-state index contributed by atoms with van der Waals surface area (Å²) in [6.45, 7) is 9.34. The first kappa shape index (κ1) is 22.0. The summed E-state index contributed by atoms with van der Waals surface area (Å²) < 4.78 is 20.9. The van der Waals surface area contributed by atoms with Crippen molar-refractivity contribution in [2.75, 3.05) is 26.2 Å². The first-order valence-corrected chi connectivity index (χ1v) is 11.4. The van der Waals surface area contributed by atoms with Crippen LogP contribution in [0.5, 0.6) is 0 Å². The third kappa shape index (κ3) is 5.17. The van der Waals surface area contributed by atoms with Crippen LogP contribution in [-0.2, 0) is 11.3 Å². The van der Waals surface area contributed by atoms with Gasteiger partial charge in [0.15, 0.2) is 0 Å². The lowest BCUT2D eigenvalue weighted by atomic mass is 10.0. The number of nitrogens with one attached hydrogen (secondary N) is 1. The zero-order valence-corrected chi connectivity index (χ0v) is 20.1. The molecule has 8 heteroatoms. The van der Waals surface area contributed by atoms with Gasteiger partial charge in [-0.2, -0.15) is 5.10 Å². The molecule has 1 saturated heterocycles. The Bertz CT molecular complexity index is 1080. The molecule has 2 heterocycles. The van der Waals surface area contributed by atoms with Crippen molar-refractivity contribution in [3.8, 4) is 11.1 Å². The molecular formula is C23H26FIN4O2. The number of benzene rings is 2. The van der Waals surface area contributed by atoms with Gasteiger partial charge in [0.2, 0.25) is 0 Å². The van der Waals surface area contributed by atoms with Gasteiger partial charge in [0, 0.05) is 49.7 Å². The van der Waals surface area contributed by atoms with Crippen LogP contribution >= 0.6 is 22.6 Å². The van der Waals surface area contributed by atoms with E-state index in [4.69, 9.17) is 4.74 Å². The minimum atomic E-state index is -0.476. The Labute approximate surface area is 194 Å². The number of rotatable bonds is 3. The van der Waals surface area contributed by atoms with Crippen molar-refractivity contribution < 1.29 is 13.9 Å². The second-order valence-corrected chi connectivity index (χ2v) is 9.91. The molecule has 1 N–H and O–H groups in total. The van der Waals surface area contributed by atoms with Crippen LogP contribution in [0.2, 0.25) is 0 Å². The molecule has 4 rings (SSSR count). The van der Waals surface area contributed by atoms with E-state index in [1.165, 1.54) is 6.07 Å². The minimum Gasteiger partial charge on any atom is -0.444 e. The van der Waals surface area contributed by atoms with Crippen molar-refractivity contribution in [3.05, 3.63) is 51.5 Å². The molecule has 3 aromatic rings. The van der Waals surface area contributed by atoms with Crippen molar-refractivity contribution in [2.45, 2.75) is 32.9 Å². The van der Waals surface area contributed by atoms with Gasteiger partial charge in [-0.05, 0) is 60.6 Å². The number of aromatic nitrogens is 2. The van der Waals surface area contributed by atoms with Crippen molar-refractivity contribution in [1.82, 2.24) is 20.0 Å². The van der Waals surface area contributed by atoms with Crippen LogP contribution in [0.15, 0.2) is 36.4 Å². The van der Waals surface area contributed by atoms with E-state index in [9.17, 15) is 9.18 Å². The predicted octanol–water partition coefficient (Wildman–Crippen LogP) is 5.03. The Morgan fingerprint density at radius 1 is 1.16 bits per heavy atom. The number of carbonyl (C=O) groups excluding carboxylic acids is 1. The fourth-order valence-corrected chi connectivity index (χ4v) is 4.24. The molecule has 0 unspecified atom stereocenters. The Morgan fingerprint density at radius 2 is 1.84 bits per heavy atom. The molecule has 1 fully saturated rings. The summed E-state index contributed by atoms with van der Waals surface area (Å²) in [6, 6.07) is 11.3. The van der Waals surface area contributed by atoms with Crippen LogP contribution in [0.4, 0.5) is 9.18 Å². The van der Waals surface area contributed by atoms with Gasteiger partial charge in [0.1, 0.15) is 15.1 Å². The Kier molecular flexibility index (Phi) is 6.20. The second kappa shape index (κ2) is 8.74. The van der Waals surface area contributed by atoms with Gasteiger partial charge in [0.05, 0.1) is 5.52 Å². The van der Waals surface area contributed by atoms with Gasteiger partial charge in [-0.3, -0.25) is 10.00 Å². The molecule has 1 aliphatic rings. The Hall–Kier alpha value is -2.20. The number of piperazine rings is 1. The monoisotopic (exact) mass is 536 g/mol. The summed E-state index contributed by atoms with van der Waals surface area (Å²) in [5.41, 5.74) is 2.73. The SMILES string of the molecule is CC(C)(C)OC(=O)N1CCN(Cc2ccc(-c3cc4c(I)[nH]nc4cc3F)cc2)CC1. The quantitative estimate of drug-likeness (QED) is 0.478. The van der Waals surface area contributed by atoms with E-state index < -0.39 is 5.60 Å². The molecule has 0 aliphatic carbocycles. The van der Waals surface area contributed by atoms with E-state index in [0.29, 0.717) is 24.2 Å². The largest absolute Gasteiger partial charge is 0.444 e. The smallest absolute Gasteiger partial charge is 0.410 e. The fourth-order valence-electron chi connectivity index (χ4n) is 3.68. The van der Waals surface area contributed by atoms with Crippen molar-refractivity contribution in [2.24, 2.45) is 0 Å². The van der Waals surface area contributed by atoms with Gasteiger partial charge in [-0.1, -0.05) is 24.3 Å². The summed E-state index contributed by atoms with van der Waals surface area (Å²) in [7, 11) is 0. The first-order valence-electron chi connectivity index (χ1n) is 10.3. The van der Waals surface area contributed by atoms with E-state index in [1.54, 1.807) is 4.90 Å². The van der Waals surface area contributed by atoms with Crippen LogP contribution in [0.1, 0.15) is 26.3 Å². The number of carbonyl (C=O) groups is 1. The lowest BCUT2D eigenvalue weighted by molar-refractivity contribution is 0.0139. The van der Waals surface area contributed by atoms with E-state index in [2.05, 4.69) is 37.7 Å². The van der Waals surface area contributed by atoms with Crippen LogP contribution in [0.25, 0.3) is 22.0 Å². The van der Waals surface area contributed by atoms with E-state index in [0.717, 1.165) is 39.8 Å². The third-order valence-electron chi connectivity index (χ3n) is 5.29. The minimum absolute atomic E-state index is 0.247. The highest BCUT2D eigenvalue weighted by molar-refractivity contribution is 14.1. The summed E-state index contributed by atoms with van der Waals surface area (Å²) >= 11 is 2.17. The average molecular weight is 536 g/mol. The fraction of sp³-hybridized carbons (Fsp3) is 0.391. The van der Waals surface area contributed by atoms with Gasteiger partial charge in [-0.15, -0.1) is 0 Å². The number of amides is 1. The molecule has 0 spiro atoms. The molecule has 1 amide bonds. The van der Waals surface area contributed by atoms with E-state index in [-0.39, 0.29) is 11.9 Å². The lowest BCUT2D eigenvalue weighted by Gasteiger charge is -2.35. The number of fused-ring (bicyclic) bond motifs is 1. The van der Waals surface area contributed by atoms with Gasteiger partial charge >= 0.3 is 6.09 Å². The van der Waals surface area contributed by atoms with E-state index >= 15 is 0 Å². The number of halogens is 2. The predicted molar refractivity (Wildman–Crippen MR) is 127 cm³/mol. The van der Waals surface area contributed by atoms with E-state index in [1.807, 2.05) is 51.1 Å². The number of aromatic amines is 1. The Balaban J connectivity index is 1.38. The first-order chi connectivity index (χ1) is 14.7. The molecule has 31 heavy (non-hydrogen) atoms. The Morgan fingerprint density at radius 3 is 2.48 bits per heavy atom. The highest BCUT2D eigenvalue weighted by Crippen LogP contribution is 2.29. The summed E-state index contributed by atoms with van der Waals surface area (Å²) in [4.78, 5) is 16.3. The molecule has 164 valence electrons. The number of hydrogen-bond acceptors (Lipinski definition) is 4. The maximum absolute atomic E-state index is 14.6. The standard InChI is InChI=1S/C23H26FIN4O2/c1-23(2,3)31-22(30)29-10-8-28(9-11-29)14-15-4-6-16(7-5-15)17-12-18-20(13-19(17)24)26-27-21(18)25/h4-7,12-13H,8-11,14H2,1-3H3,(H,26,27). The molecule has 6 nitrogen and oxygen atoms in total. The number of ether oxygens (including phenoxy) is 1. The molecule has 1 aliphatic heterocycles. The maximum Gasteiger partial charge on any atom is 0.410 e. The number of hydrogen-bond donors (Lipinski definition) is 1. The van der Waals surface area contributed by atoms with Crippen LogP contribution in [0, 0.1) is 9.52 Å². The van der Waals surface area contributed by atoms with Crippen molar-refractivity contribution in [3.63, 3.8) is 0 Å². The highest BCUT2D eigenvalue weighted by atomic mass is 127. The van der Waals surface area contributed by atoms with Crippen molar-refractivity contribution >= 4 is 39.6 Å².